The van der Waals surface area contributed by atoms with Gasteiger partial charge in [0.25, 0.3) is 5.91 Å². The van der Waals surface area contributed by atoms with Crippen molar-refractivity contribution in [2.24, 2.45) is 0 Å². The molecule has 0 bridgehead atoms. The van der Waals surface area contributed by atoms with Crippen LogP contribution in [0.4, 0.5) is 4.39 Å². The number of carbonyl (C=O) groups excluding carboxylic acids is 1. The van der Waals surface area contributed by atoms with Crippen molar-refractivity contribution in [1.29, 1.82) is 0 Å². The monoisotopic (exact) mass is 296 g/mol. The van der Waals surface area contributed by atoms with Crippen molar-refractivity contribution in [2.75, 3.05) is 6.54 Å². The lowest BCUT2D eigenvalue weighted by atomic mass is 9.70. The average molecular weight is 297 g/mol. The first-order valence-electron chi connectivity index (χ1n) is 7.09. The van der Waals surface area contributed by atoms with E-state index in [1.165, 1.54) is 37.5 Å². The van der Waals surface area contributed by atoms with Crippen LogP contribution >= 0.6 is 11.6 Å². The van der Waals surface area contributed by atoms with Gasteiger partial charge in [0.2, 0.25) is 0 Å². The minimum atomic E-state index is -0.501. The second kappa shape index (κ2) is 5.34. The van der Waals surface area contributed by atoms with Crippen LogP contribution in [-0.4, -0.2) is 24.0 Å². The van der Waals surface area contributed by atoms with Gasteiger partial charge < -0.3 is 10.6 Å². The Morgan fingerprint density at radius 2 is 2.25 bits per heavy atom. The van der Waals surface area contributed by atoms with Gasteiger partial charge in [-0.05, 0) is 56.8 Å². The molecule has 1 saturated heterocycles. The highest BCUT2D eigenvalue weighted by Crippen LogP contribution is 2.38. The summed E-state index contributed by atoms with van der Waals surface area (Å²) in [5, 5.41) is 6.60. The Bertz CT molecular complexity index is 531. The van der Waals surface area contributed by atoms with Gasteiger partial charge in [-0.25, -0.2) is 4.39 Å². The van der Waals surface area contributed by atoms with Crippen LogP contribution in [0.3, 0.4) is 0 Å². The first kappa shape index (κ1) is 13.8. The molecule has 2 fully saturated rings. The molecule has 1 saturated carbocycles. The Labute approximate surface area is 122 Å². The number of amides is 1. The van der Waals surface area contributed by atoms with Gasteiger partial charge in [-0.2, -0.15) is 0 Å². The molecule has 1 amide bonds. The minimum absolute atomic E-state index is 0.0153. The van der Waals surface area contributed by atoms with Gasteiger partial charge >= 0.3 is 0 Å². The zero-order valence-corrected chi connectivity index (χ0v) is 12.0. The highest BCUT2D eigenvalue weighted by Gasteiger charge is 2.41. The van der Waals surface area contributed by atoms with Crippen LogP contribution in [0.25, 0.3) is 0 Å². The zero-order valence-electron chi connectivity index (χ0n) is 11.2. The van der Waals surface area contributed by atoms with Crippen molar-refractivity contribution < 1.29 is 9.18 Å². The number of piperidine rings is 1. The Balaban J connectivity index is 1.64. The maximum absolute atomic E-state index is 13.1. The second-order valence-electron chi connectivity index (χ2n) is 5.85. The molecule has 108 valence electrons. The topological polar surface area (TPSA) is 41.1 Å². The number of nitrogens with one attached hydrogen (secondary N) is 2. The molecule has 5 heteroatoms. The molecule has 1 aliphatic heterocycles. The molecule has 2 aliphatic rings. The van der Waals surface area contributed by atoms with E-state index in [2.05, 4.69) is 10.6 Å². The summed E-state index contributed by atoms with van der Waals surface area (Å²) in [6.45, 7) is 0.940. The molecule has 1 atom stereocenters. The first-order chi connectivity index (χ1) is 9.58. The maximum atomic E-state index is 13.1. The van der Waals surface area contributed by atoms with Gasteiger partial charge in [-0.3, -0.25) is 4.79 Å². The average Bonchev–Trinajstić information content (AvgIpc) is 2.40. The van der Waals surface area contributed by atoms with Gasteiger partial charge in [0, 0.05) is 17.1 Å². The Morgan fingerprint density at radius 1 is 1.45 bits per heavy atom. The van der Waals surface area contributed by atoms with E-state index in [4.69, 9.17) is 11.6 Å². The normalized spacial score (nSPS) is 24.2. The van der Waals surface area contributed by atoms with E-state index in [1.807, 2.05) is 0 Å². The highest BCUT2D eigenvalue weighted by molar-refractivity contribution is 6.31. The van der Waals surface area contributed by atoms with E-state index in [9.17, 15) is 9.18 Å². The smallest absolute Gasteiger partial charge is 0.251 e. The van der Waals surface area contributed by atoms with Crippen LogP contribution in [0, 0.1) is 5.82 Å². The lowest BCUT2D eigenvalue weighted by Crippen LogP contribution is -2.59. The molecular formula is C15H18ClFN2O. The quantitative estimate of drug-likeness (QED) is 0.881. The molecule has 1 heterocycles. The molecule has 3 rings (SSSR count). The van der Waals surface area contributed by atoms with E-state index < -0.39 is 5.82 Å². The molecule has 0 radical (unpaired) electrons. The third kappa shape index (κ3) is 2.67. The fourth-order valence-corrected chi connectivity index (χ4v) is 3.35. The van der Waals surface area contributed by atoms with Gasteiger partial charge in [-0.15, -0.1) is 0 Å². The highest BCUT2D eigenvalue weighted by atomic mass is 35.5. The van der Waals surface area contributed by atoms with Crippen LogP contribution in [-0.2, 0) is 0 Å². The number of halogens is 2. The van der Waals surface area contributed by atoms with E-state index >= 15 is 0 Å². The Morgan fingerprint density at radius 3 is 2.90 bits per heavy atom. The van der Waals surface area contributed by atoms with Gasteiger partial charge in [-0.1, -0.05) is 11.6 Å². The molecule has 1 spiro atoms. The minimum Gasteiger partial charge on any atom is -0.349 e. The maximum Gasteiger partial charge on any atom is 0.251 e. The number of carbonyl (C=O) groups is 1. The summed E-state index contributed by atoms with van der Waals surface area (Å²) in [5.41, 5.74) is 0.661. The van der Waals surface area contributed by atoms with E-state index in [0.29, 0.717) is 5.56 Å². The van der Waals surface area contributed by atoms with Crippen molar-refractivity contribution in [2.45, 2.75) is 43.7 Å². The molecular weight excluding hydrogens is 279 g/mol. The Hall–Kier alpha value is -1.13. The predicted molar refractivity (Wildman–Crippen MR) is 76.5 cm³/mol. The van der Waals surface area contributed by atoms with Crippen molar-refractivity contribution in [1.82, 2.24) is 10.6 Å². The number of benzene rings is 1. The van der Waals surface area contributed by atoms with E-state index in [1.54, 1.807) is 0 Å². The van der Waals surface area contributed by atoms with Crippen molar-refractivity contribution >= 4 is 17.5 Å². The number of hydrogen-bond donors (Lipinski definition) is 2. The predicted octanol–water partition coefficient (Wildman–Crippen LogP) is 2.88. The standard InChI is InChI=1S/C15H18ClFN2O/c16-12-8-10(2-3-13(12)17)14(20)19-11-4-7-18-15(9-11)5-1-6-15/h2-3,8,11,18H,1,4-7,9H2,(H,19,20). The SMILES string of the molecule is O=C(NC1CCNC2(CCC2)C1)c1ccc(F)c(Cl)c1. The largest absolute Gasteiger partial charge is 0.349 e. The van der Waals surface area contributed by atoms with Crippen LogP contribution in [0.15, 0.2) is 18.2 Å². The summed E-state index contributed by atoms with van der Waals surface area (Å²) in [7, 11) is 0. The Kier molecular flexibility index (Phi) is 3.69. The third-order valence-corrected chi connectivity index (χ3v) is 4.75. The molecule has 0 aromatic heterocycles. The summed E-state index contributed by atoms with van der Waals surface area (Å²) >= 11 is 5.71. The summed E-state index contributed by atoms with van der Waals surface area (Å²) in [4.78, 5) is 12.2. The lowest BCUT2D eigenvalue weighted by molar-refractivity contribution is 0.0853. The van der Waals surface area contributed by atoms with Gasteiger partial charge in [0.05, 0.1) is 5.02 Å². The summed E-state index contributed by atoms with van der Waals surface area (Å²) in [6.07, 6.45) is 5.57. The first-order valence-corrected chi connectivity index (χ1v) is 7.47. The van der Waals surface area contributed by atoms with Gasteiger partial charge in [0.15, 0.2) is 0 Å². The van der Waals surface area contributed by atoms with Crippen LogP contribution < -0.4 is 10.6 Å². The van der Waals surface area contributed by atoms with Crippen LogP contribution in [0.1, 0.15) is 42.5 Å². The molecule has 3 nitrogen and oxygen atoms in total. The lowest BCUT2D eigenvalue weighted by Gasteiger charge is -2.48. The van der Waals surface area contributed by atoms with Crippen LogP contribution in [0.5, 0.6) is 0 Å². The zero-order chi connectivity index (χ0) is 14.2. The molecule has 1 aromatic rings. The second-order valence-corrected chi connectivity index (χ2v) is 6.26. The molecule has 1 unspecified atom stereocenters. The summed E-state index contributed by atoms with van der Waals surface area (Å²) in [6, 6.07) is 4.27. The van der Waals surface area contributed by atoms with E-state index in [-0.39, 0.29) is 22.5 Å². The van der Waals surface area contributed by atoms with Gasteiger partial charge in [0.1, 0.15) is 5.82 Å². The number of hydrogen-bond acceptors (Lipinski definition) is 2. The van der Waals surface area contributed by atoms with Crippen LogP contribution in [0.2, 0.25) is 5.02 Å². The van der Waals surface area contributed by atoms with Crippen molar-refractivity contribution in [3.63, 3.8) is 0 Å². The molecule has 20 heavy (non-hydrogen) atoms. The fourth-order valence-electron chi connectivity index (χ4n) is 3.17. The fraction of sp³-hybridized carbons (Fsp3) is 0.533. The molecule has 1 aliphatic carbocycles. The molecule has 2 N–H and O–H groups in total. The van der Waals surface area contributed by atoms with Crippen molar-refractivity contribution in [3.8, 4) is 0 Å². The molecule has 1 aromatic carbocycles. The third-order valence-electron chi connectivity index (χ3n) is 4.46. The number of rotatable bonds is 2. The van der Waals surface area contributed by atoms with E-state index in [0.717, 1.165) is 19.4 Å². The summed E-state index contributed by atoms with van der Waals surface area (Å²) in [5.74, 6) is -0.674. The van der Waals surface area contributed by atoms with Crippen molar-refractivity contribution in [3.05, 3.63) is 34.6 Å². The summed E-state index contributed by atoms with van der Waals surface area (Å²) < 4.78 is 13.1.